The maximum atomic E-state index is 10.5. The fourth-order valence-electron chi connectivity index (χ4n) is 3.04. The van der Waals surface area contributed by atoms with Crippen molar-refractivity contribution < 1.29 is 4.79 Å². The average molecular weight is 192 g/mol. The number of rotatable bonds is 2. The van der Waals surface area contributed by atoms with Crippen LogP contribution in [-0.2, 0) is 4.79 Å². The topological polar surface area (TPSA) is 17.1 Å². The third-order valence-corrected chi connectivity index (χ3v) is 4.10. The smallest absolute Gasteiger partial charge is 0.120 e. The Morgan fingerprint density at radius 3 is 3.14 bits per heavy atom. The molecule has 0 radical (unpaired) electrons. The number of carbonyl (C=O) groups excluding carboxylic acids is 1. The lowest BCUT2D eigenvalue weighted by Crippen LogP contribution is -2.28. The second kappa shape index (κ2) is 3.88. The number of hydrogen-bond acceptors (Lipinski definition) is 1. The fourth-order valence-corrected chi connectivity index (χ4v) is 3.04. The first-order valence-electron chi connectivity index (χ1n) is 5.89. The van der Waals surface area contributed by atoms with Gasteiger partial charge in [-0.1, -0.05) is 25.0 Å². The Morgan fingerprint density at radius 2 is 2.36 bits per heavy atom. The molecule has 0 bridgehead atoms. The molecule has 14 heavy (non-hydrogen) atoms. The Balaban J connectivity index is 2.14. The lowest BCUT2D eigenvalue weighted by atomic mass is 9.64. The highest BCUT2D eigenvalue weighted by Crippen LogP contribution is 2.48. The van der Waals surface area contributed by atoms with E-state index in [0.717, 1.165) is 12.7 Å². The van der Waals surface area contributed by atoms with Gasteiger partial charge in [0.1, 0.15) is 6.29 Å². The van der Waals surface area contributed by atoms with Crippen LogP contribution in [0.15, 0.2) is 11.6 Å². The molecule has 0 aromatic rings. The quantitative estimate of drug-likeness (QED) is 0.483. The SMILES string of the molecule is C[C@@]12CCCCC1=C[C@@H](CC=O)CC2. The standard InChI is InChI=1S/C13H20O/c1-13-7-3-2-4-12(13)10-11(5-8-13)6-9-14/h9-11H,2-8H2,1H3/t11-,13+/m1/s1. The van der Waals surface area contributed by atoms with Gasteiger partial charge in [-0.15, -0.1) is 0 Å². The van der Waals surface area contributed by atoms with E-state index in [0.29, 0.717) is 11.3 Å². The van der Waals surface area contributed by atoms with Gasteiger partial charge in [0.2, 0.25) is 0 Å². The molecule has 0 spiro atoms. The van der Waals surface area contributed by atoms with Crippen LogP contribution in [0.25, 0.3) is 0 Å². The monoisotopic (exact) mass is 192 g/mol. The van der Waals surface area contributed by atoms with Crippen molar-refractivity contribution in [3.05, 3.63) is 11.6 Å². The Hall–Kier alpha value is -0.590. The maximum absolute atomic E-state index is 10.5. The summed E-state index contributed by atoms with van der Waals surface area (Å²) in [5.41, 5.74) is 2.15. The first-order valence-corrected chi connectivity index (χ1v) is 5.89. The molecule has 2 rings (SSSR count). The van der Waals surface area contributed by atoms with Crippen LogP contribution in [0.2, 0.25) is 0 Å². The van der Waals surface area contributed by atoms with Gasteiger partial charge in [0.15, 0.2) is 0 Å². The summed E-state index contributed by atoms with van der Waals surface area (Å²) in [4.78, 5) is 10.5. The van der Waals surface area contributed by atoms with Crippen LogP contribution in [0.1, 0.15) is 51.9 Å². The normalized spacial score (nSPS) is 37.2. The highest BCUT2D eigenvalue weighted by Gasteiger charge is 2.34. The van der Waals surface area contributed by atoms with Crippen LogP contribution < -0.4 is 0 Å². The molecule has 1 fully saturated rings. The van der Waals surface area contributed by atoms with E-state index < -0.39 is 0 Å². The van der Waals surface area contributed by atoms with Gasteiger partial charge in [-0.25, -0.2) is 0 Å². The van der Waals surface area contributed by atoms with Crippen molar-refractivity contribution >= 4 is 6.29 Å². The lowest BCUT2D eigenvalue weighted by molar-refractivity contribution is -0.108. The molecule has 2 atom stereocenters. The molecule has 0 unspecified atom stereocenters. The zero-order chi connectivity index (χ0) is 10.0. The molecule has 1 saturated carbocycles. The van der Waals surface area contributed by atoms with Crippen LogP contribution in [-0.4, -0.2) is 6.29 Å². The summed E-state index contributed by atoms with van der Waals surface area (Å²) in [5.74, 6) is 0.550. The Labute approximate surface area is 86.6 Å². The van der Waals surface area contributed by atoms with E-state index in [4.69, 9.17) is 0 Å². The molecular weight excluding hydrogens is 172 g/mol. The van der Waals surface area contributed by atoms with Crippen molar-refractivity contribution in [3.8, 4) is 0 Å². The van der Waals surface area contributed by atoms with Gasteiger partial charge < -0.3 is 4.79 Å². The third-order valence-electron chi connectivity index (χ3n) is 4.10. The molecular formula is C13H20O. The number of carbonyl (C=O) groups is 1. The van der Waals surface area contributed by atoms with E-state index in [1.54, 1.807) is 5.57 Å². The van der Waals surface area contributed by atoms with Crippen LogP contribution in [0.5, 0.6) is 0 Å². The number of allylic oxidation sites excluding steroid dienone is 2. The summed E-state index contributed by atoms with van der Waals surface area (Å²) in [6, 6.07) is 0. The second-order valence-corrected chi connectivity index (χ2v) is 5.16. The van der Waals surface area contributed by atoms with Gasteiger partial charge in [0.05, 0.1) is 0 Å². The first-order chi connectivity index (χ1) is 6.74. The van der Waals surface area contributed by atoms with Gasteiger partial charge in [-0.2, -0.15) is 0 Å². The number of hydrogen-bond donors (Lipinski definition) is 0. The van der Waals surface area contributed by atoms with E-state index in [-0.39, 0.29) is 0 Å². The van der Waals surface area contributed by atoms with Gasteiger partial charge in [-0.3, -0.25) is 0 Å². The zero-order valence-electron chi connectivity index (χ0n) is 9.09. The van der Waals surface area contributed by atoms with Crippen LogP contribution >= 0.6 is 0 Å². The molecule has 2 aliphatic rings. The lowest BCUT2D eigenvalue weighted by Gasteiger charge is -2.41. The summed E-state index contributed by atoms with van der Waals surface area (Å²) in [6.07, 6.45) is 12.2. The van der Waals surface area contributed by atoms with Gasteiger partial charge in [0, 0.05) is 6.42 Å². The van der Waals surface area contributed by atoms with E-state index in [2.05, 4.69) is 13.0 Å². The summed E-state index contributed by atoms with van der Waals surface area (Å²) in [7, 11) is 0. The van der Waals surface area contributed by atoms with Gasteiger partial charge in [-0.05, 0) is 43.4 Å². The van der Waals surface area contributed by atoms with E-state index in [1.165, 1.54) is 38.5 Å². The molecule has 2 aliphatic carbocycles. The summed E-state index contributed by atoms with van der Waals surface area (Å²) in [6.45, 7) is 2.41. The summed E-state index contributed by atoms with van der Waals surface area (Å²) in [5, 5.41) is 0. The predicted molar refractivity (Wildman–Crippen MR) is 58.1 cm³/mol. The highest BCUT2D eigenvalue weighted by molar-refractivity contribution is 5.50. The number of aldehydes is 1. The highest BCUT2D eigenvalue weighted by atomic mass is 16.1. The van der Waals surface area contributed by atoms with E-state index >= 15 is 0 Å². The minimum absolute atomic E-state index is 0.498. The molecule has 0 aromatic carbocycles. The Kier molecular flexibility index (Phi) is 2.76. The van der Waals surface area contributed by atoms with Crippen molar-refractivity contribution in [1.82, 2.24) is 0 Å². The van der Waals surface area contributed by atoms with Crippen molar-refractivity contribution in [2.75, 3.05) is 0 Å². The van der Waals surface area contributed by atoms with Crippen LogP contribution in [0.3, 0.4) is 0 Å². The maximum Gasteiger partial charge on any atom is 0.120 e. The zero-order valence-corrected chi connectivity index (χ0v) is 9.09. The Morgan fingerprint density at radius 1 is 1.50 bits per heavy atom. The van der Waals surface area contributed by atoms with E-state index in [1.807, 2.05) is 0 Å². The van der Waals surface area contributed by atoms with Crippen molar-refractivity contribution in [2.24, 2.45) is 11.3 Å². The molecule has 0 aromatic heterocycles. The molecule has 1 heteroatoms. The average Bonchev–Trinajstić information content (AvgIpc) is 2.19. The first kappa shape index (κ1) is 9.95. The van der Waals surface area contributed by atoms with Gasteiger partial charge >= 0.3 is 0 Å². The van der Waals surface area contributed by atoms with Crippen molar-refractivity contribution in [2.45, 2.75) is 51.9 Å². The summed E-state index contributed by atoms with van der Waals surface area (Å²) >= 11 is 0. The molecule has 1 nitrogen and oxygen atoms in total. The largest absolute Gasteiger partial charge is 0.303 e. The summed E-state index contributed by atoms with van der Waals surface area (Å²) < 4.78 is 0. The molecule has 0 amide bonds. The van der Waals surface area contributed by atoms with Gasteiger partial charge in [0.25, 0.3) is 0 Å². The molecule has 0 saturated heterocycles. The molecule has 0 aliphatic heterocycles. The molecule has 0 N–H and O–H groups in total. The third kappa shape index (κ3) is 1.77. The Bertz CT molecular complexity index is 254. The number of fused-ring (bicyclic) bond motifs is 1. The fraction of sp³-hybridized carbons (Fsp3) is 0.769. The van der Waals surface area contributed by atoms with Crippen LogP contribution in [0.4, 0.5) is 0 Å². The van der Waals surface area contributed by atoms with Crippen molar-refractivity contribution in [3.63, 3.8) is 0 Å². The predicted octanol–water partition coefficient (Wildman–Crippen LogP) is 3.49. The molecule has 78 valence electrons. The van der Waals surface area contributed by atoms with Crippen molar-refractivity contribution in [1.29, 1.82) is 0 Å². The minimum atomic E-state index is 0.498. The second-order valence-electron chi connectivity index (χ2n) is 5.16. The molecule has 0 heterocycles. The minimum Gasteiger partial charge on any atom is -0.303 e. The van der Waals surface area contributed by atoms with Crippen LogP contribution in [0, 0.1) is 11.3 Å². The van der Waals surface area contributed by atoms with E-state index in [9.17, 15) is 4.79 Å².